The van der Waals surface area contributed by atoms with Gasteiger partial charge in [0.15, 0.2) is 0 Å². The van der Waals surface area contributed by atoms with Gasteiger partial charge in [0.05, 0.1) is 0 Å². The van der Waals surface area contributed by atoms with Crippen molar-refractivity contribution < 1.29 is 4.79 Å². The number of nitrogens with zero attached hydrogens (tertiary/aromatic N) is 5. The van der Waals surface area contributed by atoms with Crippen molar-refractivity contribution in [3.8, 4) is 0 Å². The second kappa shape index (κ2) is 8.99. The first-order valence-electron chi connectivity index (χ1n) is 10.4. The minimum Gasteiger partial charge on any atom is -0.353 e. The van der Waals surface area contributed by atoms with Gasteiger partial charge in [-0.15, -0.1) is 0 Å². The van der Waals surface area contributed by atoms with E-state index in [-0.39, 0.29) is 6.03 Å². The van der Waals surface area contributed by atoms with Crippen LogP contribution in [0.15, 0.2) is 48.7 Å². The first kappa shape index (κ1) is 20.6. The van der Waals surface area contributed by atoms with E-state index in [0.29, 0.717) is 37.8 Å². The van der Waals surface area contributed by atoms with E-state index < -0.39 is 0 Å². The number of urea groups is 1. The van der Waals surface area contributed by atoms with E-state index in [1.165, 1.54) is 0 Å². The highest BCUT2D eigenvalue weighted by molar-refractivity contribution is 5.89. The highest BCUT2D eigenvalue weighted by Crippen LogP contribution is 2.21. The SMILES string of the molecule is Cc1cc(C)cc(NC(=O)N2CCN(c3cc(Nc4ccccn4)nc(C)n3)CC2)c1. The summed E-state index contributed by atoms with van der Waals surface area (Å²) in [7, 11) is 0. The van der Waals surface area contributed by atoms with Gasteiger partial charge in [0.2, 0.25) is 0 Å². The van der Waals surface area contributed by atoms with E-state index in [4.69, 9.17) is 0 Å². The molecule has 8 heteroatoms. The van der Waals surface area contributed by atoms with Gasteiger partial charge in [0, 0.05) is 44.1 Å². The van der Waals surface area contributed by atoms with Crippen molar-refractivity contribution in [1.82, 2.24) is 19.9 Å². The molecule has 1 fully saturated rings. The Labute approximate surface area is 182 Å². The lowest BCUT2D eigenvalue weighted by Crippen LogP contribution is -2.50. The molecule has 3 heterocycles. The monoisotopic (exact) mass is 417 g/mol. The molecule has 2 aromatic heterocycles. The van der Waals surface area contributed by atoms with Crippen molar-refractivity contribution >= 4 is 29.2 Å². The number of carbonyl (C=O) groups is 1. The fraction of sp³-hybridized carbons (Fsp3) is 0.304. The molecular weight excluding hydrogens is 390 g/mol. The molecule has 1 aliphatic rings. The molecule has 0 aliphatic carbocycles. The number of aromatic nitrogens is 3. The first-order valence-corrected chi connectivity index (χ1v) is 10.4. The summed E-state index contributed by atoms with van der Waals surface area (Å²) in [6.07, 6.45) is 1.74. The van der Waals surface area contributed by atoms with Crippen molar-refractivity contribution in [2.45, 2.75) is 20.8 Å². The summed E-state index contributed by atoms with van der Waals surface area (Å²) < 4.78 is 0. The third-order valence-electron chi connectivity index (χ3n) is 5.11. The maximum absolute atomic E-state index is 12.7. The van der Waals surface area contributed by atoms with Gasteiger partial charge in [0.1, 0.15) is 23.3 Å². The second-order valence-corrected chi connectivity index (χ2v) is 7.78. The van der Waals surface area contributed by atoms with Crippen LogP contribution in [-0.4, -0.2) is 52.1 Å². The molecule has 31 heavy (non-hydrogen) atoms. The van der Waals surface area contributed by atoms with Crippen LogP contribution in [0.2, 0.25) is 0 Å². The number of hydrogen-bond acceptors (Lipinski definition) is 6. The van der Waals surface area contributed by atoms with E-state index in [0.717, 1.165) is 28.5 Å². The minimum absolute atomic E-state index is 0.0685. The number of pyridine rings is 1. The lowest BCUT2D eigenvalue weighted by Gasteiger charge is -2.35. The zero-order chi connectivity index (χ0) is 21.8. The largest absolute Gasteiger partial charge is 0.353 e. The van der Waals surface area contributed by atoms with Crippen molar-refractivity contribution in [2.75, 3.05) is 41.7 Å². The predicted octanol–water partition coefficient (Wildman–Crippen LogP) is 3.89. The van der Waals surface area contributed by atoms with Crippen molar-refractivity contribution in [3.05, 3.63) is 65.6 Å². The lowest BCUT2D eigenvalue weighted by molar-refractivity contribution is 0.208. The van der Waals surface area contributed by atoms with Crippen LogP contribution >= 0.6 is 0 Å². The molecule has 4 rings (SSSR count). The smallest absolute Gasteiger partial charge is 0.321 e. The second-order valence-electron chi connectivity index (χ2n) is 7.78. The number of rotatable bonds is 4. The van der Waals surface area contributed by atoms with Gasteiger partial charge in [-0.2, -0.15) is 0 Å². The Morgan fingerprint density at radius 1 is 0.903 bits per heavy atom. The van der Waals surface area contributed by atoms with Crippen LogP contribution in [-0.2, 0) is 0 Å². The number of anilines is 4. The molecule has 0 bridgehead atoms. The van der Waals surface area contributed by atoms with E-state index >= 15 is 0 Å². The van der Waals surface area contributed by atoms with Gasteiger partial charge in [0.25, 0.3) is 0 Å². The van der Waals surface area contributed by atoms with Crippen LogP contribution in [0.5, 0.6) is 0 Å². The minimum atomic E-state index is -0.0685. The number of benzene rings is 1. The van der Waals surface area contributed by atoms with E-state index in [1.807, 2.05) is 62.1 Å². The number of amides is 2. The highest BCUT2D eigenvalue weighted by Gasteiger charge is 2.22. The Morgan fingerprint density at radius 3 is 2.32 bits per heavy atom. The number of aryl methyl sites for hydroxylation is 3. The van der Waals surface area contributed by atoms with Crippen LogP contribution in [0.25, 0.3) is 0 Å². The molecule has 0 unspecified atom stereocenters. The standard InChI is InChI=1S/C23H27N7O/c1-16-12-17(2)14-19(13-16)27-23(31)30-10-8-29(9-11-30)22-15-21(25-18(3)26-22)28-20-6-4-5-7-24-20/h4-7,12-15H,8-11H2,1-3H3,(H,27,31)(H,24,25,26,28). The molecule has 2 amide bonds. The number of hydrogen-bond donors (Lipinski definition) is 2. The fourth-order valence-corrected chi connectivity index (χ4v) is 3.73. The molecule has 0 radical (unpaired) electrons. The number of carbonyl (C=O) groups excluding carboxylic acids is 1. The zero-order valence-corrected chi connectivity index (χ0v) is 18.1. The van der Waals surface area contributed by atoms with Gasteiger partial charge < -0.3 is 20.4 Å². The summed E-state index contributed by atoms with van der Waals surface area (Å²) in [5, 5.41) is 6.24. The average molecular weight is 418 g/mol. The molecule has 0 spiro atoms. The Hall–Kier alpha value is -3.68. The maximum Gasteiger partial charge on any atom is 0.321 e. The number of piperazine rings is 1. The molecule has 0 saturated carbocycles. The van der Waals surface area contributed by atoms with Gasteiger partial charge in [-0.25, -0.2) is 19.7 Å². The lowest BCUT2D eigenvalue weighted by atomic mass is 10.1. The molecule has 8 nitrogen and oxygen atoms in total. The first-order chi connectivity index (χ1) is 15.0. The zero-order valence-electron chi connectivity index (χ0n) is 18.1. The predicted molar refractivity (Wildman–Crippen MR) is 123 cm³/mol. The fourth-order valence-electron chi connectivity index (χ4n) is 3.73. The average Bonchev–Trinajstić information content (AvgIpc) is 2.73. The molecule has 1 aliphatic heterocycles. The van der Waals surface area contributed by atoms with E-state index in [9.17, 15) is 4.79 Å². The summed E-state index contributed by atoms with van der Waals surface area (Å²) in [5.74, 6) is 2.97. The van der Waals surface area contributed by atoms with E-state index in [1.54, 1.807) is 6.20 Å². The Kier molecular flexibility index (Phi) is 5.97. The Bertz CT molecular complexity index is 1040. The van der Waals surface area contributed by atoms with Crippen molar-refractivity contribution in [1.29, 1.82) is 0 Å². The van der Waals surface area contributed by atoms with Crippen molar-refractivity contribution in [2.24, 2.45) is 0 Å². The van der Waals surface area contributed by atoms with Crippen LogP contribution in [0.3, 0.4) is 0 Å². The molecule has 3 aromatic rings. The summed E-state index contributed by atoms with van der Waals surface area (Å²) in [4.78, 5) is 30.1. The van der Waals surface area contributed by atoms with Crippen LogP contribution in [0.1, 0.15) is 17.0 Å². The van der Waals surface area contributed by atoms with Gasteiger partial charge in [-0.3, -0.25) is 0 Å². The number of nitrogens with one attached hydrogen (secondary N) is 2. The van der Waals surface area contributed by atoms with Gasteiger partial charge in [-0.1, -0.05) is 12.1 Å². The Morgan fingerprint density at radius 2 is 1.65 bits per heavy atom. The summed E-state index contributed by atoms with van der Waals surface area (Å²) in [6, 6.07) is 13.6. The van der Waals surface area contributed by atoms with Gasteiger partial charge in [-0.05, 0) is 56.2 Å². The molecular formula is C23H27N7O. The summed E-state index contributed by atoms with van der Waals surface area (Å²) in [6.45, 7) is 8.61. The third-order valence-corrected chi connectivity index (χ3v) is 5.11. The molecule has 1 aromatic carbocycles. The Balaban J connectivity index is 1.38. The highest BCUT2D eigenvalue weighted by atomic mass is 16.2. The molecule has 160 valence electrons. The normalized spacial score (nSPS) is 13.8. The molecule has 0 atom stereocenters. The van der Waals surface area contributed by atoms with Gasteiger partial charge >= 0.3 is 6.03 Å². The van der Waals surface area contributed by atoms with Crippen LogP contribution in [0.4, 0.5) is 27.9 Å². The third kappa shape index (κ3) is 5.28. The quantitative estimate of drug-likeness (QED) is 0.670. The van der Waals surface area contributed by atoms with E-state index in [2.05, 4.69) is 36.6 Å². The van der Waals surface area contributed by atoms with Crippen LogP contribution < -0.4 is 15.5 Å². The summed E-state index contributed by atoms with van der Waals surface area (Å²) in [5.41, 5.74) is 3.10. The topological polar surface area (TPSA) is 86.3 Å². The van der Waals surface area contributed by atoms with Crippen molar-refractivity contribution in [3.63, 3.8) is 0 Å². The van der Waals surface area contributed by atoms with Crippen LogP contribution in [0, 0.1) is 20.8 Å². The summed E-state index contributed by atoms with van der Waals surface area (Å²) >= 11 is 0. The molecule has 1 saturated heterocycles. The maximum atomic E-state index is 12.7. The molecule has 2 N–H and O–H groups in total.